The molecule has 1 rings (SSSR count). The zero-order valence-electron chi connectivity index (χ0n) is 10.00. The van der Waals surface area contributed by atoms with E-state index >= 15 is 0 Å². The van der Waals surface area contributed by atoms with Crippen molar-refractivity contribution in [2.75, 3.05) is 16.8 Å². The molecule has 0 fully saturated rings. The molecular formula is C12H17ClN2S2. The maximum Gasteiger partial charge on any atom is 0.105 e. The summed E-state index contributed by atoms with van der Waals surface area (Å²) < 4.78 is 0. The minimum Gasteiger partial charge on any atom is -0.389 e. The minimum atomic E-state index is 0.330. The van der Waals surface area contributed by atoms with Crippen LogP contribution in [-0.2, 0) is 0 Å². The molecule has 0 aliphatic carbocycles. The van der Waals surface area contributed by atoms with Crippen LogP contribution >= 0.6 is 35.6 Å². The number of thiocarbonyl (C=S) groups is 1. The highest BCUT2D eigenvalue weighted by Crippen LogP contribution is 2.21. The van der Waals surface area contributed by atoms with Crippen LogP contribution in [0.25, 0.3) is 0 Å². The zero-order chi connectivity index (χ0) is 12.8. The predicted molar refractivity (Wildman–Crippen MR) is 83.4 cm³/mol. The lowest BCUT2D eigenvalue weighted by molar-refractivity contribution is 0.913. The first kappa shape index (κ1) is 14.6. The Hall–Kier alpha value is -0.450. The molecule has 0 saturated carbocycles. The van der Waals surface area contributed by atoms with Crippen LogP contribution in [0.1, 0.15) is 19.4 Å². The van der Waals surface area contributed by atoms with Crippen molar-refractivity contribution in [3.63, 3.8) is 0 Å². The van der Waals surface area contributed by atoms with Crippen molar-refractivity contribution in [3.8, 4) is 0 Å². The normalized spacial score (nSPS) is 12.2. The molecule has 1 aromatic carbocycles. The molecule has 0 spiro atoms. The van der Waals surface area contributed by atoms with Gasteiger partial charge in [-0.15, -0.1) is 0 Å². The SMILES string of the molecule is CCSCC(C)Nc1ccc(C(N)=S)c(Cl)c1. The molecule has 3 N–H and O–H groups in total. The smallest absolute Gasteiger partial charge is 0.105 e. The molecule has 2 nitrogen and oxygen atoms in total. The molecule has 0 bridgehead atoms. The van der Waals surface area contributed by atoms with Gasteiger partial charge in [0.1, 0.15) is 4.99 Å². The molecule has 0 aliphatic heterocycles. The number of hydrogen-bond acceptors (Lipinski definition) is 3. The Morgan fingerprint density at radius 3 is 2.82 bits per heavy atom. The van der Waals surface area contributed by atoms with Gasteiger partial charge >= 0.3 is 0 Å². The summed E-state index contributed by atoms with van der Waals surface area (Å²) in [5.74, 6) is 2.21. The quantitative estimate of drug-likeness (QED) is 0.786. The molecule has 17 heavy (non-hydrogen) atoms. The molecule has 1 aromatic rings. The van der Waals surface area contributed by atoms with E-state index in [4.69, 9.17) is 29.6 Å². The highest BCUT2D eigenvalue weighted by Gasteiger charge is 2.06. The van der Waals surface area contributed by atoms with Gasteiger partial charge in [-0.2, -0.15) is 11.8 Å². The Bertz CT molecular complexity index is 396. The molecule has 1 unspecified atom stereocenters. The van der Waals surface area contributed by atoms with Gasteiger partial charge in [0.05, 0.1) is 5.02 Å². The van der Waals surface area contributed by atoms with Gasteiger partial charge in [0, 0.05) is 23.0 Å². The fraction of sp³-hybridized carbons (Fsp3) is 0.417. The van der Waals surface area contributed by atoms with Gasteiger partial charge < -0.3 is 11.1 Å². The molecule has 0 radical (unpaired) electrons. The molecule has 0 aromatic heterocycles. The van der Waals surface area contributed by atoms with Crippen LogP contribution in [0.2, 0.25) is 5.02 Å². The second kappa shape index (κ2) is 7.09. The minimum absolute atomic E-state index is 0.330. The standard InChI is InChI=1S/C12H17ClN2S2/c1-3-17-7-8(2)15-9-4-5-10(12(14)16)11(13)6-9/h4-6,8,15H,3,7H2,1-2H3,(H2,14,16). The third-order valence-corrected chi connectivity index (χ3v) is 3.90. The first-order valence-corrected chi connectivity index (χ1v) is 7.42. The van der Waals surface area contributed by atoms with Crippen LogP contribution in [0.4, 0.5) is 5.69 Å². The average molecular weight is 289 g/mol. The van der Waals surface area contributed by atoms with E-state index in [-0.39, 0.29) is 0 Å². The second-order valence-electron chi connectivity index (χ2n) is 3.76. The van der Waals surface area contributed by atoms with Crippen LogP contribution in [0.15, 0.2) is 18.2 Å². The maximum atomic E-state index is 6.10. The fourth-order valence-corrected chi connectivity index (χ4v) is 2.61. The van der Waals surface area contributed by atoms with Crippen LogP contribution in [-0.4, -0.2) is 22.5 Å². The van der Waals surface area contributed by atoms with E-state index in [2.05, 4.69) is 19.2 Å². The average Bonchev–Trinajstić information content (AvgIpc) is 2.26. The van der Waals surface area contributed by atoms with E-state index < -0.39 is 0 Å². The van der Waals surface area contributed by atoms with Gasteiger partial charge in [-0.1, -0.05) is 30.7 Å². The molecule has 1 atom stereocenters. The fourth-order valence-electron chi connectivity index (χ4n) is 1.43. The van der Waals surface area contributed by atoms with E-state index in [0.717, 1.165) is 22.8 Å². The van der Waals surface area contributed by atoms with Crippen molar-refractivity contribution in [2.24, 2.45) is 5.73 Å². The molecule has 0 amide bonds. The largest absolute Gasteiger partial charge is 0.389 e. The van der Waals surface area contributed by atoms with Gasteiger partial charge in [-0.05, 0) is 30.9 Å². The Kier molecular flexibility index (Phi) is 6.09. The number of hydrogen-bond donors (Lipinski definition) is 2. The summed E-state index contributed by atoms with van der Waals surface area (Å²) in [6.07, 6.45) is 0. The number of anilines is 1. The third-order valence-electron chi connectivity index (χ3n) is 2.22. The van der Waals surface area contributed by atoms with E-state index in [0.29, 0.717) is 16.1 Å². The van der Waals surface area contributed by atoms with Crippen molar-refractivity contribution in [3.05, 3.63) is 28.8 Å². The maximum absolute atomic E-state index is 6.10. The molecule has 0 aliphatic rings. The van der Waals surface area contributed by atoms with Crippen molar-refractivity contribution in [2.45, 2.75) is 19.9 Å². The summed E-state index contributed by atoms with van der Waals surface area (Å²) in [5.41, 5.74) is 7.28. The lowest BCUT2D eigenvalue weighted by Crippen LogP contribution is -2.18. The molecule has 0 saturated heterocycles. The summed E-state index contributed by atoms with van der Waals surface area (Å²) in [4.78, 5) is 0.330. The van der Waals surface area contributed by atoms with E-state index in [1.165, 1.54) is 0 Å². The van der Waals surface area contributed by atoms with Crippen molar-refractivity contribution < 1.29 is 0 Å². The lowest BCUT2D eigenvalue weighted by Gasteiger charge is -2.15. The van der Waals surface area contributed by atoms with Crippen LogP contribution in [0.3, 0.4) is 0 Å². The summed E-state index contributed by atoms with van der Waals surface area (Å²) in [5, 5.41) is 3.99. The van der Waals surface area contributed by atoms with Gasteiger partial charge in [0.25, 0.3) is 0 Å². The first-order valence-electron chi connectivity index (χ1n) is 5.48. The number of halogens is 1. The monoisotopic (exact) mass is 288 g/mol. The molecule has 0 heterocycles. The number of rotatable bonds is 6. The van der Waals surface area contributed by atoms with E-state index in [1.54, 1.807) is 0 Å². The number of thioether (sulfide) groups is 1. The third kappa shape index (κ3) is 4.74. The Morgan fingerprint density at radius 2 is 2.29 bits per heavy atom. The molecule has 94 valence electrons. The highest BCUT2D eigenvalue weighted by molar-refractivity contribution is 7.99. The van der Waals surface area contributed by atoms with Gasteiger partial charge in [0.15, 0.2) is 0 Å². The van der Waals surface area contributed by atoms with E-state index in [9.17, 15) is 0 Å². The number of nitrogens with two attached hydrogens (primary N) is 1. The van der Waals surface area contributed by atoms with Crippen molar-refractivity contribution in [1.29, 1.82) is 0 Å². The van der Waals surface area contributed by atoms with Gasteiger partial charge in [0.2, 0.25) is 0 Å². The zero-order valence-corrected chi connectivity index (χ0v) is 12.4. The number of benzene rings is 1. The van der Waals surface area contributed by atoms with Crippen molar-refractivity contribution >= 4 is 46.3 Å². The predicted octanol–water partition coefficient (Wildman–Crippen LogP) is 3.53. The lowest BCUT2D eigenvalue weighted by atomic mass is 10.2. The molecular weight excluding hydrogens is 272 g/mol. The van der Waals surface area contributed by atoms with E-state index in [1.807, 2.05) is 30.0 Å². The summed E-state index contributed by atoms with van der Waals surface area (Å²) in [6.45, 7) is 4.31. The highest BCUT2D eigenvalue weighted by atomic mass is 35.5. The first-order chi connectivity index (χ1) is 8.04. The Balaban J connectivity index is 2.67. The summed E-state index contributed by atoms with van der Waals surface area (Å²) in [6, 6.07) is 6.08. The van der Waals surface area contributed by atoms with Crippen LogP contribution in [0, 0.1) is 0 Å². The Morgan fingerprint density at radius 1 is 1.59 bits per heavy atom. The number of nitrogens with one attached hydrogen (secondary N) is 1. The van der Waals surface area contributed by atoms with Gasteiger partial charge in [-0.25, -0.2) is 0 Å². The van der Waals surface area contributed by atoms with Crippen molar-refractivity contribution in [1.82, 2.24) is 0 Å². The van der Waals surface area contributed by atoms with Crippen LogP contribution in [0.5, 0.6) is 0 Å². The summed E-state index contributed by atoms with van der Waals surface area (Å²) in [7, 11) is 0. The second-order valence-corrected chi connectivity index (χ2v) is 5.93. The molecule has 5 heteroatoms. The topological polar surface area (TPSA) is 38.0 Å². The van der Waals surface area contributed by atoms with Crippen LogP contribution < -0.4 is 11.1 Å². The summed E-state index contributed by atoms with van der Waals surface area (Å²) >= 11 is 12.9. The van der Waals surface area contributed by atoms with Gasteiger partial charge in [-0.3, -0.25) is 0 Å². The Labute approximate surface area is 117 Å².